The summed E-state index contributed by atoms with van der Waals surface area (Å²) in [6.45, 7) is 0.435. The molecular formula is C10H16N2O2. The molecule has 1 aliphatic carbocycles. The first-order valence-corrected chi connectivity index (χ1v) is 5.23. The van der Waals surface area contributed by atoms with Crippen LogP contribution in [0.15, 0.2) is 0 Å². The van der Waals surface area contributed by atoms with Crippen molar-refractivity contribution in [3.63, 3.8) is 0 Å². The lowest BCUT2D eigenvalue weighted by Crippen LogP contribution is -2.58. The van der Waals surface area contributed by atoms with Gasteiger partial charge in [0.1, 0.15) is 0 Å². The highest BCUT2D eigenvalue weighted by Gasteiger charge is 2.38. The summed E-state index contributed by atoms with van der Waals surface area (Å²) < 4.78 is 0. The predicted octanol–water partition coefficient (Wildman–Crippen LogP) is 0.407. The molecule has 78 valence electrons. The fourth-order valence-corrected chi connectivity index (χ4v) is 2.08. The van der Waals surface area contributed by atoms with Crippen molar-refractivity contribution in [1.82, 2.24) is 4.90 Å². The normalized spacial score (nSPS) is 26.2. The Morgan fingerprint density at radius 2 is 1.71 bits per heavy atom. The quantitative estimate of drug-likeness (QED) is 0.650. The number of hydrogen-bond acceptors (Lipinski definition) is 3. The molecular weight excluding hydrogens is 180 g/mol. The molecule has 2 N–H and O–H groups in total. The second kappa shape index (κ2) is 3.35. The van der Waals surface area contributed by atoms with Gasteiger partial charge in [-0.05, 0) is 25.7 Å². The molecule has 4 nitrogen and oxygen atoms in total. The van der Waals surface area contributed by atoms with E-state index < -0.39 is 0 Å². The van der Waals surface area contributed by atoms with Gasteiger partial charge in [0.25, 0.3) is 0 Å². The van der Waals surface area contributed by atoms with Crippen molar-refractivity contribution >= 4 is 11.8 Å². The minimum Gasteiger partial charge on any atom is -0.324 e. The van der Waals surface area contributed by atoms with Gasteiger partial charge in [-0.15, -0.1) is 0 Å². The average Bonchev–Trinajstić information content (AvgIpc) is 2.09. The number of imide groups is 1. The Balaban J connectivity index is 2.00. The maximum atomic E-state index is 11.5. The number of likely N-dealkylation sites (tertiary alicyclic amines) is 1. The maximum absolute atomic E-state index is 11.5. The van der Waals surface area contributed by atoms with E-state index in [0.717, 1.165) is 19.3 Å². The highest BCUT2D eigenvalue weighted by atomic mass is 16.2. The average molecular weight is 196 g/mol. The Morgan fingerprint density at radius 1 is 1.14 bits per heavy atom. The number of carbonyl (C=O) groups excluding carboxylic acids is 2. The molecule has 1 aliphatic heterocycles. The molecule has 1 saturated heterocycles. The first-order chi connectivity index (χ1) is 6.61. The topological polar surface area (TPSA) is 63.4 Å². The van der Waals surface area contributed by atoms with Crippen molar-refractivity contribution in [2.45, 2.75) is 44.1 Å². The summed E-state index contributed by atoms with van der Waals surface area (Å²) in [5.74, 6) is -0.0871. The Kier molecular flexibility index (Phi) is 2.31. The minimum atomic E-state index is -0.275. The molecule has 2 amide bonds. The lowest BCUT2D eigenvalue weighted by atomic mass is 9.77. The van der Waals surface area contributed by atoms with Crippen LogP contribution >= 0.6 is 0 Å². The summed E-state index contributed by atoms with van der Waals surface area (Å²) in [5.41, 5.74) is 5.74. The molecule has 0 radical (unpaired) electrons. The van der Waals surface area contributed by atoms with E-state index in [0.29, 0.717) is 25.8 Å². The highest BCUT2D eigenvalue weighted by molar-refractivity contribution is 5.97. The van der Waals surface area contributed by atoms with Crippen LogP contribution in [0.4, 0.5) is 0 Å². The van der Waals surface area contributed by atoms with Gasteiger partial charge in [-0.25, -0.2) is 0 Å². The van der Waals surface area contributed by atoms with E-state index >= 15 is 0 Å². The minimum absolute atomic E-state index is 0.0435. The zero-order valence-corrected chi connectivity index (χ0v) is 8.29. The molecule has 0 aromatic heterocycles. The third-order valence-corrected chi connectivity index (χ3v) is 3.21. The summed E-state index contributed by atoms with van der Waals surface area (Å²) in [6, 6.07) is 0. The summed E-state index contributed by atoms with van der Waals surface area (Å²) >= 11 is 0. The van der Waals surface area contributed by atoms with Crippen LogP contribution < -0.4 is 5.73 Å². The molecule has 0 aromatic rings. The number of carbonyl (C=O) groups is 2. The smallest absolute Gasteiger partial charge is 0.229 e. The molecule has 0 unspecified atom stereocenters. The second-order valence-electron chi connectivity index (χ2n) is 4.44. The van der Waals surface area contributed by atoms with E-state index in [-0.39, 0.29) is 17.4 Å². The molecule has 2 rings (SSSR count). The molecule has 0 atom stereocenters. The Hall–Kier alpha value is -0.900. The SMILES string of the molecule is NC1(CN2C(=O)CCCC2=O)CCC1. The van der Waals surface area contributed by atoms with Crippen molar-refractivity contribution < 1.29 is 9.59 Å². The molecule has 2 aliphatic rings. The van der Waals surface area contributed by atoms with E-state index in [4.69, 9.17) is 5.73 Å². The largest absolute Gasteiger partial charge is 0.324 e. The van der Waals surface area contributed by atoms with E-state index in [2.05, 4.69) is 0 Å². The van der Waals surface area contributed by atoms with E-state index in [1.54, 1.807) is 0 Å². The lowest BCUT2D eigenvalue weighted by molar-refractivity contribution is -0.149. The van der Waals surface area contributed by atoms with Crippen molar-refractivity contribution in [2.75, 3.05) is 6.54 Å². The zero-order chi connectivity index (χ0) is 10.2. The number of nitrogens with zero attached hydrogens (tertiary/aromatic N) is 1. The Morgan fingerprint density at radius 3 is 2.14 bits per heavy atom. The Bertz CT molecular complexity index is 255. The maximum Gasteiger partial charge on any atom is 0.229 e. The molecule has 2 fully saturated rings. The van der Waals surface area contributed by atoms with E-state index in [1.807, 2.05) is 0 Å². The standard InChI is InChI=1S/C10H16N2O2/c11-10(5-2-6-10)7-12-8(13)3-1-4-9(12)14/h1-7,11H2. The first-order valence-electron chi connectivity index (χ1n) is 5.23. The van der Waals surface area contributed by atoms with Crippen LogP contribution in [-0.2, 0) is 9.59 Å². The van der Waals surface area contributed by atoms with Gasteiger partial charge < -0.3 is 5.73 Å². The van der Waals surface area contributed by atoms with Crippen LogP contribution in [0.5, 0.6) is 0 Å². The predicted molar refractivity (Wildman–Crippen MR) is 51.3 cm³/mol. The van der Waals surface area contributed by atoms with E-state index in [9.17, 15) is 9.59 Å². The molecule has 0 spiro atoms. The molecule has 14 heavy (non-hydrogen) atoms. The van der Waals surface area contributed by atoms with Gasteiger partial charge in [0.2, 0.25) is 11.8 Å². The molecule has 0 aromatic carbocycles. The third kappa shape index (κ3) is 1.66. The highest BCUT2D eigenvalue weighted by Crippen LogP contribution is 2.30. The fraction of sp³-hybridized carbons (Fsp3) is 0.800. The second-order valence-corrected chi connectivity index (χ2v) is 4.44. The molecule has 1 heterocycles. The van der Waals surface area contributed by atoms with Crippen molar-refractivity contribution in [2.24, 2.45) is 5.73 Å². The number of piperidine rings is 1. The van der Waals surface area contributed by atoms with Crippen LogP contribution in [-0.4, -0.2) is 28.8 Å². The number of nitrogens with two attached hydrogens (primary N) is 1. The number of amides is 2. The number of rotatable bonds is 2. The van der Waals surface area contributed by atoms with E-state index in [1.165, 1.54) is 4.90 Å². The van der Waals surface area contributed by atoms with Crippen LogP contribution in [0, 0.1) is 0 Å². The van der Waals surface area contributed by atoms with Gasteiger partial charge in [0.15, 0.2) is 0 Å². The van der Waals surface area contributed by atoms with Gasteiger partial charge in [-0.3, -0.25) is 14.5 Å². The molecule has 1 saturated carbocycles. The van der Waals surface area contributed by atoms with Gasteiger partial charge in [-0.2, -0.15) is 0 Å². The van der Waals surface area contributed by atoms with Crippen LogP contribution in [0.25, 0.3) is 0 Å². The zero-order valence-electron chi connectivity index (χ0n) is 8.29. The summed E-state index contributed by atoms with van der Waals surface area (Å²) in [7, 11) is 0. The van der Waals surface area contributed by atoms with Crippen LogP contribution in [0.2, 0.25) is 0 Å². The van der Waals surface area contributed by atoms with Gasteiger partial charge in [0.05, 0.1) is 0 Å². The summed E-state index contributed by atoms with van der Waals surface area (Å²) in [6.07, 6.45) is 4.69. The monoisotopic (exact) mass is 196 g/mol. The molecule has 0 bridgehead atoms. The lowest BCUT2D eigenvalue weighted by Gasteiger charge is -2.42. The van der Waals surface area contributed by atoms with Gasteiger partial charge in [0, 0.05) is 24.9 Å². The first kappa shape index (κ1) is 9.65. The van der Waals surface area contributed by atoms with Crippen molar-refractivity contribution in [3.05, 3.63) is 0 Å². The number of hydrogen-bond donors (Lipinski definition) is 1. The Labute approximate surface area is 83.4 Å². The van der Waals surface area contributed by atoms with Crippen LogP contribution in [0.1, 0.15) is 38.5 Å². The summed E-state index contributed by atoms with van der Waals surface area (Å²) in [4.78, 5) is 24.3. The van der Waals surface area contributed by atoms with Crippen molar-refractivity contribution in [1.29, 1.82) is 0 Å². The third-order valence-electron chi connectivity index (χ3n) is 3.21. The van der Waals surface area contributed by atoms with Gasteiger partial charge >= 0.3 is 0 Å². The molecule has 4 heteroatoms. The van der Waals surface area contributed by atoms with Crippen LogP contribution in [0.3, 0.4) is 0 Å². The fourth-order valence-electron chi connectivity index (χ4n) is 2.08. The van der Waals surface area contributed by atoms with Gasteiger partial charge in [-0.1, -0.05) is 0 Å². The summed E-state index contributed by atoms with van der Waals surface area (Å²) in [5, 5.41) is 0. The van der Waals surface area contributed by atoms with Crippen molar-refractivity contribution in [3.8, 4) is 0 Å².